The van der Waals surface area contributed by atoms with Gasteiger partial charge in [0.05, 0.1) is 24.1 Å². The highest BCUT2D eigenvalue weighted by Crippen LogP contribution is 2.23. The largest absolute Gasteiger partial charge is 0.478 e. The predicted molar refractivity (Wildman–Crippen MR) is 105 cm³/mol. The van der Waals surface area contributed by atoms with Gasteiger partial charge in [0.1, 0.15) is 10.7 Å². The van der Waals surface area contributed by atoms with E-state index in [-0.39, 0.29) is 17.0 Å². The number of hydrogen-bond donors (Lipinski definition) is 3. The zero-order valence-electron chi connectivity index (χ0n) is 15.0. The number of hydrogen-bond acceptors (Lipinski definition) is 5. The SMILES string of the molecule is O=C(O)c1ccc(NCCc2ccccc2)c(S(=O)(=O)NCc2ccco2)c1. The van der Waals surface area contributed by atoms with Crippen molar-refractivity contribution in [2.24, 2.45) is 0 Å². The van der Waals surface area contributed by atoms with Gasteiger partial charge in [0.25, 0.3) is 0 Å². The van der Waals surface area contributed by atoms with Gasteiger partial charge in [-0.2, -0.15) is 0 Å². The van der Waals surface area contributed by atoms with Gasteiger partial charge < -0.3 is 14.8 Å². The minimum Gasteiger partial charge on any atom is -0.478 e. The van der Waals surface area contributed by atoms with Crippen LogP contribution in [0.3, 0.4) is 0 Å². The minimum atomic E-state index is -3.95. The number of carboxylic acid groups (broad SMARTS) is 1. The lowest BCUT2D eigenvalue weighted by Crippen LogP contribution is -2.24. The second-order valence-electron chi connectivity index (χ2n) is 6.08. The summed E-state index contributed by atoms with van der Waals surface area (Å²) in [5.41, 5.74) is 1.34. The van der Waals surface area contributed by atoms with E-state index in [1.165, 1.54) is 18.4 Å². The molecule has 0 aliphatic carbocycles. The molecule has 0 aliphatic heterocycles. The lowest BCUT2D eigenvalue weighted by Gasteiger charge is -2.14. The fourth-order valence-corrected chi connectivity index (χ4v) is 3.87. The van der Waals surface area contributed by atoms with Crippen molar-refractivity contribution in [3.8, 4) is 0 Å². The van der Waals surface area contributed by atoms with Crippen LogP contribution in [0.4, 0.5) is 5.69 Å². The summed E-state index contributed by atoms with van der Waals surface area (Å²) >= 11 is 0. The monoisotopic (exact) mass is 400 g/mol. The van der Waals surface area contributed by atoms with Crippen molar-refractivity contribution < 1.29 is 22.7 Å². The molecule has 2 aromatic carbocycles. The predicted octanol–water partition coefficient (Wildman–Crippen LogP) is 3.11. The van der Waals surface area contributed by atoms with E-state index in [1.54, 1.807) is 12.1 Å². The molecule has 1 heterocycles. The molecule has 3 aromatic rings. The summed E-state index contributed by atoms with van der Waals surface area (Å²) in [6.07, 6.45) is 2.14. The number of carbonyl (C=O) groups is 1. The lowest BCUT2D eigenvalue weighted by atomic mass is 10.1. The Kier molecular flexibility index (Phi) is 6.13. The van der Waals surface area contributed by atoms with Gasteiger partial charge in [0.15, 0.2) is 0 Å². The molecule has 8 heteroatoms. The first-order valence-electron chi connectivity index (χ1n) is 8.63. The van der Waals surface area contributed by atoms with Gasteiger partial charge in [-0.25, -0.2) is 17.9 Å². The van der Waals surface area contributed by atoms with E-state index in [2.05, 4.69) is 10.0 Å². The summed E-state index contributed by atoms with van der Waals surface area (Å²) in [5, 5.41) is 12.3. The molecule has 1 aromatic heterocycles. The van der Waals surface area contributed by atoms with Gasteiger partial charge in [-0.15, -0.1) is 0 Å². The number of furan rings is 1. The molecule has 0 fully saturated rings. The summed E-state index contributed by atoms with van der Waals surface area (Å²) < 4.78 is 33.1. The molecular weight excluding hydrogens is 380 g/mol. The van der Waals surface area contributed by atoms with Crippen LogP contribution in [0.2, 0.25) is 0 Å². The molecule has 0 aliphatic rings. The van der Waals surface area contributed by atoms with Crippen molar-refractivity contribution in [3.05, 3.63) is 83.8 Å². The van der Waals surface area contributed by atoms with Gasteiger partial charge in [-0.1, -0.05) is 30.3 Å². The smallest absolute Gasteiger partial charge is 0.335 e. The van der Waals surface area contributed by atoms with Crippen LogP contribution in [0.25, 0.3) is 0 Å². The molecular formula is C20H20N2O5S. The Hall–Kier alpha value is -3.10. The molecule has 7 nitrogen and oxygen atoms in total. The van der Waals surface area contributed by atoms with Crippen molar-refractivity contribution in [2.45, 2.75) is 17.9 Å². The van der Waals surface area contributed by atoms with Crippen LogP contribution in [0.1, 0.15) is 21.7 Å². The first-order chi connectivity index (χ1) is 13.5. The maximum atomic E-state index is 12.8. The second-order valence-corrected chi connectivity index (χ2v) is 7.82. The Morgan fingerprint density at radius 3 is 2.50 bits per heavy atom. The average molecular weight is 400 g/mol. The lowest BCUT2D eigenvalue weighted by molar-refractivity contribution is 0.0696. The number of anilines is 1. The Morgan fingerprint density at radius 2 is 1.82 bits per heavy atom. The van der Waals surface area contributed by atoms with Crippen LogP contribution < -0.4 is 10.0 Å². The van der Waals surface area contributed by atoms with Crippen LogP contribution >= 0.6 is 0 Å². The van der Waals surface area contributed by atoms with E-state index in [0.29, 0.717) is 24.4 Å². The minimum absolute atomic E-state index is 0.0317. The van der Waals surface area contributed by atoms with E-state index in [9.17, 15) is 18.3 Å². The van der Waals surface area contributed by atoms with Gasteiger partial charge in [-0.3, -0.25) is 0 Å². The number of rotatable bonds is 9. The van der Waals surface area contributed by atoms with Gasteiger partial charge in [0, 0.05) is 6.54 Å². The molecule has 28 heavy (non-hydrogen) atoms. The van der Waals surface area contributed by atoms with Gasteiger partial charge in [0.2, 0.25) is 10.0 Å². The normalized spacial score (nSPS) is 11.3. The number of benzene rings is 2. The molecule has 0 bridgehead atoms. The van der Waals surface area contributed by atoms with E-state index >= 15 is 0 Å². The van der Waals surface area contributed by atoms with E-state index < -0.39 is 16.0 Å². The zero-order chi connectivity index (χ0) is 20.0. The Bertz CT molecular complexity index is 1030. The molecule has 3 rings (SSSR count). The van der Waals surface area contributed by atoms with Crippen molar-refractivity contribution in [1.29, 1.82) is 0 Å². The van der Waals surface area contributed by atoms with E-state index in [4.69, 9.17) is 4.42 Å². The Balaban J connectivity index is 1.79. The fourth-order valence-electron chi connectivity index (χ4n) is 2.67. The van der Waals surface area contributed by atoms with Gasteiger partial charge in [-0.05, 0) is 42.3 Å². The number of nitrogens with one attached hydrogen (secondary N) is 2. The third-order valence-corrected chi connectivity index (χ3v) is 5.55. The van der Waals surface area contributed by atoms with Crippen LogP contribution in [0.5, 0.6) is 0 Å². The van der Waals surface area contributed by atoms with Gasteiger partial charge >= 0.3 is 5.97 Å². The summed E-state index contributed by atoms with van der Waals surface area (Å²) in [4.78, 5) is 11.2. The third kappa shape index (κ3) is 4.99. The Labute approximate surface area is 163 Å². The van der Waals surface area contributed by atoms with E-state index in [0.717, 1.165) is 11.6 Å². The molecule has 146 valence electrons. The summed E-state index contributed by atoms with van der Waals surface area (Å²) in [6, 6.07) is 17.1. The van der Waals surface area contributed by atoms with Crippen molar-refractivity contribution in [1.82, 2.24) is 4.72 Å². The summed E-state index contributed by atoms with van der Waals surface area (Å²) in [6.45, 7) is 0.465. The first kappa shape index (κ1) is 19.7. The first-order valence-corrected chi connectivity index (χ1v) is 10.1. The summed E-state index contributed by atoms with van der Waals surface area (Å²) in [7, 11) is -3.95. The van der Waals surface area contributed by atoms with Crippen molar-refractivity contribution in [2.75, 3.05) is 11.9 Å². The van der Waals surface area contributed by atoms with Crippen LogP contribution in [0, 0.1) is 0 Å². The van der Waals surface area contributed by atoms with Crippen molar-refractivity contribution >= 4 is 21.7 Å². The number of sulfonamides is 1. The van der Waals surface area contributed by atoms with Crippen LogP contribution in [0.15, 0.2) is 76.2 Å². The molecule has 3 N–H and O–H groups in total. The molecule has 0 radical (unpaired) electrons. The topological polar surface area (TPSA) is 109 Å². The molecule has 0 saturated heterocycles. The quantitative estimate of drug-likeness (QED) is 0.509. The fraction of sp³-hybridized carbons (Fsp3) is 0.150. The maximum Gasteiger partial charge on any atom is 0.335 e. The highest BCUT2D eigenvalue weighted by Gasteiger charge is 2.21. The standard InChI is InChI=1S/C20H20N2O5S/c23-20(24)16-8-9-18(21-11-10-15-5-2-1-3-6-15)19(13-16)28(25,26)22-14-17-7-4-12-27-17/h1-9,12-13,21-22H,10-11,14H2,(H,23,24). The molecule has 0 saturated carbocycles. The highest BCUT2D eigenvalue weighted by atomic mass is 32.2. The molecule has 0 atom stereocenters. The Morgan fingerprint density at radius 1 is 1.04 bits per heavy atom. The number of aromatic carboxylic acids is 1. The number of carboxylic acids is 1. The molecule has 0 amide bonds. The second kappa shape index (κ2) is 8.73. The van der Waals surface area contributed by atoms with Crippen LogP contribution in [-0.4, -0.2) is 26.0 Å². The maximum absolute atomic E-state index is 12.8. The van der Waals surface area contributed by atoms with E-state index in [1.807, 2.05) is 30.3 Å². The van der Waals surface area contributed by atoms with Crippen molar-refractivity contribution in [3.63, 3.8) is 0 Å². The average Bonchev–Trinajstić information content (AvgIpc) is 3.21. The third-order valence-electron chi connectivity index (χ3n) is 4.11. The van der Waals surface area contributed by atoms with Crippen LogP contribution in [-0.2, 0) is 23.0 Å². The molecule has 0 spiro atoms. The highest BCUT2D eigenvalue weighted by molar-refractivity contribution is 7.89. The zero-order valence-corrected chi connectivity index (χ0v) is 15.8. The summed E-state index contributed by atoms with van der Waals surface area (Å²) in [5.74, 6) is -0.741. The molecule has 0 unspecified atom stereocenters.